The van der Waals surface area contributed by atoms with Gasteiger partial charge >= 0.3 is 0 Å². The molecule has 1 rings (SSSR count). The SMILES string of the molecule is CCCNC(CC)CCCN1CCCOC(C)C1. The van der Waals surface area contributed by atoms with Crippen molar-refractivity contribution in [1.29, 1.82) is 0 Å². The van der Waals surface area contributed by atoms with E-state index in [1.807, 2.05) is 0 Å². The van der Waals surface area contributed by atoms with Gasteiger partial charge in [-0.25, -0.2) is 0 Å². The van der Waals surface area contributed by atoms with Crippen molar-refractivity contribution in [3.05, 3.63) is 0 Å². The van der Waals surface area contributed by atoms with Crippen LogP contribution in [0.2, 0.25) is 0 Å². The summed E-state index contributed by atoms with van der Waals surface area (Å²) in [4.78, 5) is 2.57. The van der Waals surface area contributed by atoms with Crippen LogP contribution in [0.15, 0.2) is 0 Å². The lowest BCUT2D eigenvalue weighted by atomic mass is 10.1. The third-order valence-electron chi connectivity index (χ3n) is 3.74. The van der Waals surface area contributed by atoms with Gasteiger partial charge in [0.1, 0.15) is 0 Å². The van der Waals surface area contributed by atoms with Crippen molar-refractivity contribution in [2.75, 3.05) is 32.8 Å². The Labute approximate surface area is 113 Å². The van der Waals surface area contributed by atoms with Gasteiger partial charge in [-0.05, 0) is 52.1 Å². The molecule has 0 spiro atoms. The minimum absolute atomic E-state index is 0.410. The van der Waals surface area contributed by atoms with E-state index < -0.39 is 0 Å². The summed E-state index contributed by atoms with van der Waals surface area (Å²) in [7, 11) is 0. The Bertz CT molecular complexity index is 199. The molecule has 1 saturated heterocycles. The van der Waals surface area contributed by atoms with E-state index in [0.29, 0.717) is 12.1 Å². The predicted octanol–water partition coefficient (Wildman–Crippen LogP) is 2.66. The van der Waals surface area contributed by atoms with Crippen molar-refractivity contribution in [3.63, 3.8) is 0 Å². The van der Waals surface area contributed by atoms with Crippen molar-refractivity contribution in [2.24, 2.45) is 0 Å². The van der Waals surface area contributed by atoms with Crippen molar-refractivity contribution in [2.45, 2.75) is 65.0 Å². The maximum atomic E-state index is 5.68. The monoisotopic (exact) mass is 256 g/mol. The lowest BCUT2D eigenvalue weighted by Crippen LogP contribution is -2.33. The summed E-state index contributed by atoms with van der Waals surface area (Å²) >= 11 is 0. The molecule has 0 amide bonds. The lowest BCUT2D eigenvalue weighted by Gasteiger charge is -2.23. The third kappa shape index (κ3) is 6.72. The molecule has 0 radical (unpaired) electrons. The van der Waals surface area contributed by atoms with Gasteiger partial charge in [-0.2, -0.15) is 0 Å². The molecule has 0 bridgehead atoms. The molecule has 0 aromatic carbocycles. The molecular weight excluding hydrogens is 224 g/mol. The Hall–Kier alpha value is -0.120. The van der Waals surface area contributed by atoms with Crippen molar-refractivity contribution < 1.29 is 4.74 Å². The van der Waals surface area contributed by atoms with Gasteiger partial charge in [-0.15, -0.1) is 0 Å². The van der Waals surface area contributed by atoms with Crippen LogP contribution in [-0.2, 0) is 4.74 Å². The fourth-order valence-electron chi connectivity index (χ4n) is 2.64. The fraction of sp³-hybridized carbons (Fsp3) is 1.00. The van der Waals surface area contributed by atoms with Crippen LogP contribution in [0.5, 0.6) is 0 Å². The van der Waals surface area contributed by atoms with E-state index >= 15 is 0 Å². The van der Waals surface area contributed by atoms with Crippen LogP contribution in [0.4, 0.5) is 0 Å². The second kappa shape index (κ2) is 9.76. The Kier molecular flexibility index (Phi) is 8.64. The van der Waals surface area contributed by atoms with Crippen LogP contribution in [-0.4, -0.2) is 49.8 Å². The first-order valence-electron chi connectivity index (χ1n) is 7.83. The van der Waals surface area contributed by atoms with Gasteiger partial charge in [0.05, 0.1) is 6.10 Å². The molecule has 3 heteroatoms. The summed E-state index contributed by atoms with van der Waals surface area (Å²) in [5.41, 5.74) is 0. The topological polar surface area (TPSA) is 24.5 Å². The molecule has 0 saturated carbocycles. The highest BCUT2D eigenvalue weighted by Crippen LogP contribution is 2.08. The van der Waals surface area contributed by atoms with Crippen LogP contribution >= 0.6 is 0 Å². The Morgan fingerprint density at radius 3 is 2.94 bits per heavy atom. The maximum Gasteiger partial charge on any atom is 0.0673 e. The summed E-state index contributed by atoms with van der Waals surface area (Å²) < 4.78 is 5.68. The third-order valence-corrected chi connectivity index (χ3v) is 3.74. The zero-order valence-electron chi connectivity index (χ0n) is 12.6. The molecular formula is C15H32N2O. The Morgan fingerprint density at radius 1 is 1.39 bits per heavy atom. The molecule has 3 nitrogen and oxygen atoms in total. The van der Waals surface area contributed by atoms with E-state index in [2.05, 4.69) is 31.0 Å². The number of rotatable bonds is 8. The zero-order chi connectivity index (χ0) is 13.2. The van der Waals surface area contributed by atoms with E-state index in [4.69, 9.17) is 4.74 Å². The quantitative estimate of drug-likeness (QED) is 0.722. The van der Waals surface area contributed by atoms with Gasteiger partial charge in [0.25, 0.3) is 0 Å². The lowest BCUT2D eigenvalue weighted by molar-refractivity contribution is 0.0674. The average molecular weight is 256 g/mol. The molecule has 1 aliphatic rings. The van der Waals surface area contributed by atoms with Crippen LogP contribution in [0, 0.1) is 0 Å². The number of nitrogens with one attached hydrogen (secondary N) is 1. The highest BCUT2D eigenvalue weighted by Gasteiger charge is 2.14. The zero-order valence-corrected chi connectivity index (χ0v) is 12.6. The van der Waals surface area contributed by atoms with Crippen molar-refractivity contribution in [3.8, 4) is 0 Å². The summed E-state index contributed by atoms with van der Waals surface area (Å²) in [5.74, 6) is 0. The van der Waals surface area contributed by atoms with E-state index in [9.17, 15) is 0 Å². The molecule has 1 heterocycles. The predicted molar refractivity (Wildman–Crippen MR) is 78.1 cm³/mol. The number of nitrogens with zero attached hydrogens (tertiary/aromatic N) is 1. The van der Waals surface area contributed by atoms with Gasteiger partial charge in [-0.3, -0.25) is 0 Å². The molecule has 1 fully saturated rings. The van der Waals surface area contributed by atoms with Gasteiger partial charge < -0.3 is 15.0 Å². The summed E-state index contributed by atoms with van der Waals surface area (Å²) in [6, 6.07) is 0.714. The molecule has 1 N–H and O–H groups in total. The van der Waals surface area contributed by atoms with Crippen molar-refractivity contribution in [1.82, 2.24) is 10.2 Å². The summed E-state index contributed by atoms with van der Waals surface area (Å²) in [6.45, 7) is 12.4. The average Bonchev–Trinajstić information content (AvgIpc) is 2.58. The van der Waals surface area contributed by atoms with Gasteiger partial charge in [0.2, 0.25) is 0 Å². The van der Waals surface area contributed by atoms with Crippen molar-refractivity contribution >= 4 is 0 Å². The summed E-state index contributed by atoms with van der Waals surface area (Å²) in [6.07, 6.45) is 6.70. The standard InChI is InChI=1S/C15H32N2O/c1-4-9-16-15(5-2)8-6-10-17-11-7-12-18-14(3)13-17/h14-16H,4-13H2,1-3H3. The fourth-order valence-corrected chi connectivity index (χ4v) is 2.64. The molecule has 0 aromatic rings. The smallest absolute Gasteiger partial charge is 0.0673 e. The molecule has 0 aliphatic carbocycles. The minimum Gasteiger partial charge on any atom is -0.377 e. The molecule has 2 atom stereocenters. The molecule has 0 aromatic heterocycles. The van der Waals surface area contributed by atoms with E-state index in [0.717, 1.165) is 19.7 Å². The van der Waals surface area contributed by atoms with E-state index in [-0.39, 0.29) is 0 Å². The van der Waals surface area contributed by atoms with Gasteiger partial charge in [0, 0.05) is 25.7 Å². The van der Waals surface area contributed by atoms with E-state index in [1.54, 1.807) is 0 Å². The Morgan fingerprint density at radius 2 is 2.22 bits per heavy atom. The van der Waals surface area contributed by atoms with Gasteiger partial charge in [0.15, 0.2) is 0 Å². The van der Waals surface area contributed by atoms with Gasteiger partial charge in [-0.1, -0.05) is 13.8 Å². The largest absolute Gasteiger partial charge is 0.377 e. The highest BCUT2D eigenvalue weighted by molar-refractivity contribution is 4.69. The Balaban J connectivity index is 2.14. The maximum absolute atomic E-state index is 5.68. The van der Waals surface area contributed by atoms with Crippen LogP contribution in [0.3, 0.4) is 0 Å². The van der Waals surface area contributed by atoms with E-state index in [1.165, 1.54) is 45.2 Å². The molecule has 2 unspecified atom stereocenters. The molecule has 108 valence electrons. The second-order valence-electron chi connectivity index (χ2n) is 5.54. The van der Waals surface area contributed by atoms with Crippen LogP contribution in [0.1, 0.15) is 52.9 Å². The van der Waals surface area contributed by atoms with Crippen LogP contribution < -0.4 is 5.32 Å². The molecule has 18 heavy (non-hydrogen) atoms. The highest BCUT2D eigenvalue weighted by atomic mass is 16.5. The number of hydrogen-bond acceptors (Lipinski definition) is 3. The number of hydrogen-bond donors (Lipinski definition) is 1. The normalized spacial score (nSPS) is 23.8. The van der Waals surface area contributed by atoms with Crippen LogP contribution in [0.25, 0.3) is 0 Å². The minimum atomic E-state index is 0.410. The second-order valence-corrected chi connectivity index (χ2v) is 5.54. The first kappa shape index (κ1) is 15.9. The summed E-state index contributed by atoms with van der Waals surface area (Å²) in [5, 5.41) is 3.63. The molecule has 1 aliphatic heterocycles. The first-order chi connectivity index (χ1) is 8.76. The first-order valence-corrected chi connectivity index (χ1v) is 7.83. The number of ether oxygens (including phenoxy) is 1.